The zero-order chi connectivity index (χ0) is 26.5. The zero-order valence-electron chi connectivity index (χ0n) is 21.9. The second-order valence-corrected chi connectivity index (χ2v) is 9.89. The van der Waals surface area contributed by atoms with Gasteiger partial charge in [-0.25, -0.2) is 0 Å². The number of rotatable bonds is 17. The smallest absolute Gasteiger partial charge is 0.303 e. The van der Waals surface area contributed by atoms with Gasteiger partial charge in [0.25, 0.3) is 0 Å². The summed E-state index contributed by atoms with van der Waals surface area (Å²) in [6.45, 7) is 8.04. The summed E-state index contributed by atoms with van der Waals surface area (Å²) in [5, 5.41) is 8.88. The number of hydrogen-bond donors (Lipinski definition) is 1. The van der Waals surface area contributed by atoms with E-state index in [4.69, 9.17) is 14.6 Å². The highest BCUT2D eigenvalue weighted by atomic mass is 32.2. The third kappa shape index (κ3) is 9.01. The van der Waals surface area contributed by atoms with E-state index in [0.717, 1.165) is 42.6 Å². The van der Waals surface area contributed by atoms with Crippen molar-refractivity contribution in [3.05, 3.63) is 52.6 Å². The lowest BCUT2D eigenvalue weighted by atomic mass is 10.0. The third-order valence-corrected chi connectivity index (χ3v) is 6.87. The van der Waals surface area contributed by atoms with Crippen LogP contribution < -0.4 is 9.47 Å². The molecule has 0 bridgehead atoms. The molecule has 0 spiro atoms. The van der Waals surface area contributed by atoms with Crippen LogP contribution in [0.1, 0.15) is 91.6 Å². The summed E-state index contributed by atoms with van der Waals surface area (Å²) in [5.41, 5.74) is 3.32. The molecular weight excluding hydrogens is 476 g/mol. The highest BCUT2D eigenvalue weighted by Gasteiger charge is 2.18. The summed E-state index contributed by atoms with van der Waals surface area (Å²) >= 11 is 1.77. The molecule has 0 aliphatic rings. The SMILES string of the molecule is CCCc1cc(C(C)=O)ccc1SCCCOc1ccc(C(C)=O)c(OCCCC(=O)O)c1CCC. The number of Topliss-reactive ketones (excluding diaryl/α,β-unsaturated/α-hetero) is 2. The molecule has 7 heteroatoms. The fraction of sp³-hybridized carbons (Fsp3) is 0.483. The van der Waals surface area contributed by atoms with E-state index in [1.807, 2.05) is 24.3 Å². The van der Waals surface area contributed by atoms with Crippen LogP contribution >= 0.6 is 11.8 Å². The van der Waals surface area contributed by atoms with Crippen molar-refractivity contribution in [1.29, 1.82) is 0 Å². The Morgan fingerprint density at radius 3 is 2.25 bits per heavy atom. The topological polar surface area (TPSA) is 89.9 Å². The van der Waals surface area contributed by atoms with Gasteiger partial charge in [0.2, 0.25) is 0 Å². The van der Waals surface area contributed by atoms with Crippen molar-refractivity contribution in [2.45, 2.75) is 77.5 Å². The lowest BCUT2D eigenvalue weighted by Crippen LogP contribution is -2.10. The van der Waals surface area contributed by atoms with Crippen molar-refractivity contribution in [2.24, 2.45) is 0 Å². The van der Waals surface area contributed by atoms with Gasteiger partial charge in [-0.05, 0) is 69.4 Å². The first-order valence-electron chi connectivity index (χ1n) is 12.7. The highest BCUT2D eigenvalue weighted by Crippen LogP contribution is 2.35. The molecule has 1 N–H and O–H groups in total. The van der Waals surface area contributed by atoms with Crippen LogP contribution in [0, 0.1) is 0 Å². The van der Waals surface area contributed by atoms with Crippen LogP contribution in [0.4, 0.5) is 0 Å². The molecule has 0 saturated carbocycles. The largest absolute Gasteiger partial charge is 0.493 e. The summed E-state index contributed by atoms with van der Waals surface area (Å²) < 4.78 is 12.1. The van der Waals surface area contributed by atoms with E-state index in [2.05, 4.69) is 13.8 Å². The van der Waals surface area contributed by atoms with Crippen molar-refractivity contribution in [1.82, 2.24) is 0 Å². The van der Waals surface area contributed by atoms with Crippen LogP contribution in [0.5, 0.6) is 11.5 Å². The molecule has 2 rings (SSSR count). The highest BCUT2D eigenvalue weighted by molar-refractivity contribution is 7.99. The summed E-state index contributed by atoms with van der Waals surface area (Å²) in [5.74, 6) is 1.21. The summed E-state index contributed by atoms with van der Waals surface area (Å²) in [4.78, 5) is 36.0. The number of carboxylic acid groups (broad SMARTS) is 1. The van der Waals surface area contributed by atoms with Gasteiger partial charge in [-0.15, -0.1) is 11.8 Å². The Morgan fingerprint density at radius 2 is 1.61 bits per heavy atom. The molecule has 0 fully saturated rings. The van der Waals surface area contributed by atoms with Crippen molar-refractivity contribution in [2.75, 3.05) is 19.0 Å². The molecule has 0 atom stereocenters. The van der Waals surface area contributed by atoms with Gasteiger partial charge >= 0.3 is 5.97 Å². The molecule has 0 heterocycles. The maximum absolute atomic E-state index is 12.2. The number of thioether (sulfide) groups is 1. The number of benzene rings is 2. The summed E-state index contributed by atoms with van der Waals surface area (Å²) in [6.07, 6.45) is 4.74. The molecule has 0 amide bonds. The van der Waals surface area contributed by atoms with Crippen molar-refractivity contribution >= 4 is 29.3 Å². The molecule has 0 radical (unpaired) electrons. The van der Waals surface area contributed by atoms with E-state index in [-0.39, 0.29) is 24.6 Å². The Kier molecular flexibility index (Phi) is 12.5. The van der Waals surface area contributed by atoms with Gasteiger partial charge in [0.15, 0.2) is 11.6 Å². The minimum atomic E-state index is -0.870. The van der Waals surface area contributed by atoms with Crippen molar-refractivity contribution in [3.63, 3.8) is 0 Å². The molecule has 6 nitrogen and oxygen atoms in total. The molecule has 0 aliphatic carbocycles. The van der Waals surface area contributed by atoms with Crippen LogP contribution in [0.25, 0.3) is 0 Å². The Balaban J connectivity index is 2.05. The number of ether oxygens (including phenoxy) is 2. The Hall–Kier alpha value is -2.80. The fourth-order valence-corrected chi connectivity index (χ4v) is 4.89. The number of aryl methyl sites for hydroxylation is 1. The molecule has 196 valence electrons. The van der Waals surface area contributed by atoms with E-state index in [9.17, 15) is 14.4 Å². The average Bonchev–Trinajstić information content (AvgIpc) is 2.83. The minimum absolute atomic E-state index is 0.0177. The van der Waals surface area contributed by atoms with Gasteiger partial charge in [-0.2, -0.15) is 0 Å². The molecular formula is C29H38O6S. The fourth-order valence-electron chi connectivity index (χ4n) is 3.90. The molecule has 2 aromatic rings. The Bertz CT molecular complexity index is 1050. The van der Waals surface area contributed by atoms with Crippen LogP contribution in [0.2, 0.25) is 0 Å². The predicted molar refractivity (Wildman–Crippen MR) is 144 cm³/mol. The van der Waals surface area contributed by atoms with E-state index < -0.39 is 5.97 Å². The van der Waals surface area contributed by atoms with Crippen LogP contribution in [0.3, 0.4) is 0 Å². The van der Waals surface area contributed by atoms with E-state index >= 15 is 0 Å². The first-order valence-corrected chi connectivity index (χ1v) is 13.7. The Morgan fingerprint density at radius 1 is 0.889 bits per heavy atom. The number of carbonyl (C=O) groups is 3. The second-order valence-electron chi connectivity index (χ2n) is 8.75. The van der Waals surface area contributed by atoms with Gasteiger partial charge in [-0.3, -0.25) is 14.4 Å². The Labute approximate surface area is 218 Å². The third-order valence-electron chi connectivity index (χ3n) is 5.67. The van der Waals surface area contributed by atoms with Gasteiger partial charge < -0.3 is 14.6 Å². The van der Waals surface area contributed by atoms with Crippen molar-refractivity contribution < 1.29 is 29.0 Å². The maximum atomic E-state index is 12.2. The summed E-state index contributed by atoms with van der Waals surface area (Å²) in [7, 11) is 0. The number of carboxylic acids is 1. The molecule has 0 aromatic heterocycles. The molecule has 0 aliphatic heterocycles. The second kappa shape index (κ2) is 15.3. The monoisotopic (exact) mass is 514 g/mol. The van der Waals surface area contributed by atoms with E-state index in [1.165, 1.54) is 17.4 Å². The van der Waals surface area contributed by atoms with Crippen LogP contribution in [0.15, 0.2) is 35.2 Å². The van der Waals surface area contributed by atoms with E-state index in [1.54, 1.807) is 24.8 Å². The maximum Gasteiger partial charge on any atom is 0.303 e. The summed E-state index contributed by atoms with van der Waals surface area (Å²) in [6, 6.07) is 9.51. The van der Waals surface area contributed by atoms with E-state index in [0.29, 0.717) is 36.5 Å². The normalized spacial score (nSPS) is 10.8. The number of aliphatic carboxylic acids is 1. The molecule has 2 aromatic carbocycles. The molecule has 36 heavy (non-hydrogen) atoms. The number of hydrogen-bond acceptors (Lipinski definition) is 6. The average molecular weight is 515 g/mol. The lowest BCUT2D eigenvalue weighted by molar-refractivity contribution is -0.137. The van der Waals surface area contributed by atoms with Crippen LogP contribution in [-0.2, 0) is 17.6 Å². The molecule has 0 unspecified atom stereocenters. The zero-order valence-corrected chi connectivity index (χ0v) is 22.7. The van der Waals surface area contributed by atoms with Gasteiger partial charge in [0.1, 0.15) is 11.5 Å². The first-order chi connectivity index (χ1) is 17.3. The van der Waals surface area contributed by atoms with Gasteiger partial charge in [-0.1, -0.05) is 32.8 Å². The number of carbonyl (C=O) groups excluding carboxylic acids is 2. The minimum Gasteiger partial charge on any atom is -0.493 e. The van der Waals surface area contributed by atoms with Gasteiger partial charge in [0, 0.05) is 28.2 Å². The van der Waals surface area contributed by atoms with Crippen LogP contribution in [-0.4, -0.2) is 41.6 Å². The first kappa shape index (κ1) is 29.4. The standard InChI is InChI=1S/C29H38O6S/c1-5-9-23-19-22(20(3)30)12-15-27(23)36-18-8-17-34-26-14-13-24(21(4)31)29(25(26)10-6-2)35-16-7-11-28(32)33/h12-15,19H,5-11,16-18H2,1-4H3,(H,32,33). The van der Waals surface area contributed by atoms with Gasteiger partial charge in [0.05, 0.1) is 18.8 Å². The number of ketones is 2. The molecule has 0 saturated heterocycles. The predicted octanol–water partition coefficient (Wildman–Crippen LogP) is 6.80. The quantitative estimate of drug-likeness (QED) is 0.141. The van der Waals surface area contributed by atoms with Crippen molar-refractivity contribution in [3.8, 4) is 11.5 Å². The lowest BCUT2D eigenvalue weighted by Gasteiger charge is -2.19.